The molecule has 0 N–H and O–H groups in total. The molecule has 6 heteroatoms. The lowest BCUT2D eigenvalue weighted by molar-refractivity contribution is 0.174. The van der Waals surface area contributed by atoms with Gasteiger partial charge in [-0.1, -0.05) is 6.07 Å². The predicted molar refractivity (Wildman–Crippen MR) is 94.5 cm³/mol. The highest BCUT2D eigenvalue weighted by Gasteiger charge is 2.18. The van der Waals surface area contributed by atoms with Gasteiger partial charge in [0.05, 0.1) is 0 Å². The van der Waals surface area contributed by atoms with Gasteiger partial charge in [0.2, 0.25) is 18.6 Å². The summed E-state index contributed by atoms with van der Waals surface area (Å²) in [6, 6.07) is 5.86. The van der Waals surface area contributed by atoms with Crippen LogP contribution in [0.4, 0.5) is 5.95 Å². The summed E-state index contributed by atoms with van der Waals surface area (Å²) in [5.74, 6) is 2.99. The molecule has 2 aliphatic rings. The summed E-state index contributed by atoms with van der Waals surface area (Å²) in [5, 5.41) is 0. The molecule has 0 unspecified atom stereocenters. The van der Waals surface area contributed by atoms with Crippen molar-refractivity contribution in [2.24, 2.45) is 0 Å². The second-order valence-electron chi connectivity index (χ2n) is 6.56. The van der Waals surface area contributed by atoms with E-state index in [1.807, 2.05) is 32.0 Å². The van der Waals surface area contributed by atoms with Crippen LogP contribution in [0.3, 0.4) is 0 Å². The van der Waals surface area contributed by atoms with E-state index >= 15 is 0 Å². The maximum atomic E-state index is 6.02. The number of piperidine rings is 1. The number of fused-ring (bicyclic) bond motifs is 1. The molecule has 0 saturated carbocycles. The Labute approximate surface area is 147 Å². The summed E-state index contributed by atoms with van der Waals surface area (Å²) in [5.41, 5.74) is 2.98. The van der Waals surface area contributed by atoms with Gasteiger partial charge in [0, 0.05) is 24.3 Å². The third kappa shape index (κ3) is 3.34. The first kappa shape index (κ1) is 16.0. The maximum Gasteiger partial charge on any atom is 0.231 e. The smallest absolute Gasteiger partial charge is 0.231 e. The van der Waals surface area contributed by atoms with Gasteiger partial charge in [-0.3, -0.25) is 0 Å². The molecule has 0 amide bonds. The average Bonchev–Trinajstić information content (AvgIpc) is 3.11. The van der Waals surface area contributed by atoms with Gasteiger partial charge in [-0.2, -0.15) is 4.98 Å². The van der Waals surface area contributed by atoms with E-state index in [1.54, 1.807) is 0 Å². The number of nitrogens with zero attached hydrogens (tertiary/aromatic N) is 3. The molecule has 0 atom stereocenters. The van der Waals surface area contributed by atoms with Crippen molar-refractivity contribution in [1.82, 2.24) is 9.97 Å². The number of anilines is 1. The zero-order valence-electron chi connectivity index (χ0n) is 14.7. The van der Waals surface area contributed by atoms with Crippen molar-refractivity contribution in [2.75, 3.05) is 24.8 Å². The van der Waals surface area contributed by atoms with E-state index in [2.05, 4.69) is 14.9 Å². The SMILES string of the molecule is Cc1nc(N2CCCCC2)nc(OCc2ccc3c(c2)OCO3)c1C. The Kier molecular flexibility index (Phi) is 4.34. The van der Waals surface area contributed by atoms with Crippen LogP contribution >= 0.6 is 0 Å². The quantitative estimate of drug-likeness (QED) is 0.850. The van der Waals surface area contributed by atoms with Gasteiger partial charge in [-0.05, 0) is 50.8 Å². The molecule has 25 heavy (non-hydrogen) atoms. The summed E-state index contributed by atoms with van der Waals surface area (Å²) < 4.78 is 16.8. The van der Waals surface area contributed by atoms with Crippen LogP contribution in [0.5, 0.6) is 17.4 Å². The van der Waals surface area contributed by atoms with E-state index in [9.17, 15) is 0 Å². The number of aryl methyl sites for hydroxylation is 1. The number of hydrogen-bond donors (Lipinski definition) is 0. The summed E-state index contributed by atoms with van der Waals surface area (Å²) in [7, 11) is 0. The highest BCUT2D eigenvalue weighted by atomic mass is 16.7. The van der Waals surface area contributed by atoms with Crippen molar-refractivity contribution >= 4 is 5.95 Å². The molecule has 6 nitrogen and oxygen atoms in total. The van der Waals surface area contributed by atoms with Crippen LogP contribution in [0, 0.1) is 13.8 Å². The highest BCUT2D eigenvalue weighted by Crippen LogP contribution is 2.33. The Morgan fingerprint density at radius 1 is 1.04 bits per heavy atom. The minimum absolute atomic E-state index is 0.281. The van der Waals surface area contributed by atoms with Gasteiger partial charge in [-0.25, -0.2) is 4.98 Å². The largest absolute Gasteiger partial charge is 0.472 e. The summed E-state index contributed by atoms with van der Waals surface area (Å²) in [4.78, 5) is 11.6. The van der Waals surface area contributed by atoms with Gasteiger partial charge in [0.15, 0.2) is 11.5 Å². The lowest BCUT2D eigenvalue weighted by atomic mass is 10.1. The van der Waals surface area contributed by atoms with Crippen LogP contribution in [0.1, 0.15) is 36.1 Å². The van der Waals surface area contributed by atoms with Gasteiger partial charge in [-0.15, -0.1) is 0 Å². The van der Waals surface area contributed by atoms with E-state index in [0.29, 0.717) is 12.5 Å². The number of aromatic nitrogens is 2. The standard InChI is InChI=1S/C19H23N3O3/c1-13-14(2)20-19(22-8-4-3-5-9-22)21-18(13)23-11-15-6-7-16-17(10-15)25-12-24-16/h6-7,10H,3-5,8-9,11-12H2,1-2H3. The fourth-order valence-corrected chi connectivity index (χ4v) is 3.15. The summed E-state index contributed by atoms with van der Waals surface area (Å²) in [6.07, 6.45) is 3.68. The maximum absolute atomic E-state index is 6.02. The first-order chi connectivity index (χ1) is 12.2. The molecule has 0 bridgehead atoms. The zero-order valence-corrected chi connectivity index (χ0v) is 14.7. The third-order valence-corrected chi connectivity index (χ3v) is 4.78. The minimum Gasteiger partial charge on any atom is -0.472 e. The molecule has 1 saturated heterocycles. The Morgan fingerprint density at radius 2 is 1.84 bits per heavy atom. The first-order valence-electron chi connectivity index (χ1n) is 8.82. The number of hydrogen-bond acceptors (Lipinski definition) is 6. The molecule has 3 heterocycles. The van der Waals surface area contributed by atoms with Crippen LogP contribution in [0.15, 0.2) is 18.2 Å². The van der Waals surface area contributed by atoms with Crippen molar-refractivity contribution in [2.45, 2.75) is 39.7 Å². The molecule has 2 aliphatic heterocycles. The number of benzene rings is 1. The fraction of sp³-hybridized carbons (Fsp3) is 0.474. The van der Waals surface area contributed by atoms with Crippen LogP contribution < -0.4 is 19.1 Å². The third-order valence-electron chi connectivity index (χ3n) is 4.78. The van der Waals surface area contributed by atoms with Crippen molar-refractivity contribution in [3.05, 3.63) is 35.0 Å². The lowest BCUT2D eigenvalue weighted by Gasteiger charge is -2.27. The van der Waals surface area contributed by atoms with Gasteiger partial charge in [0.25, 0.3) is 0 Å². The summed E-state index contributed by atoms with van der Waals surface area (Å²) >= 11 is 0. The lowest BCUT2D eigenvalue weighted by Crippen LogP contribution is -2.31. The molecule has 4 rings (SSSR count). The Hall–Kier alpha value is -2.50. The van der Waals surface area contributed by atoms with Crippen LogP contribution in [-0.2, 0) is 6.61 Å². The molecular formula is C19H23N3O3. The van der Waals surface area contributed by atoms with Gasteiger partial charge in [0.1, 0.15) is 6.61 Å². The molecule has 0 radical (unpaired) electrons. The second-order valence-corrected chi connectivity index (χ2v) is 6.56. The Morgan fingerprint density at radius 3 is 2.68 bits per heavy atom. The predicted octanol–water partition coefficient (Wildman–Crippen LogP) is 3.39. The first-order valence-corrected chi connectivity index (χ1v) is 8.82. The normalized spacial score (nSPS) is 16.2. The molecule has 132 valence electrons. The molecular weight excluding hydrogens is 318 g/mol. The highest BCUT2D eigenvalue weighted by molar-refractivity contribution is 5.44. The van der Waals surface area contributed by atoms with Crippen molar-refractivity contribution in [3.63, 3.8) is 0 Å². The van der Waals surface area contributed by atoms with Gasteiger partial charge >= 0.3 is 0 Å². The number of ether oxygens (including phenoxy) is 3. The van der Waals surface area contributed by atoms with Crippen LogP contribution in [-0.4, -0.2) is 29.9 Å². The van der Waals surface area contributed by atoms with Gasteiger partial charge < -0.3 is 19.1 Å². The monoisotopic (exact) mass is 341 g/mol. The van der Waals surface area contributed by atoms with Crippen molar-refractivity contribution in [3.8, 4) is 17.4 Å². The molecule has 1 aromatic heterocycles. The van der Waals surface area contributed by atoms with E-state index in [-0.39, 0.29) is 6.79 Å². The molecule has 0 spiro atoms. The number of rotatable bonds is 4. The van der Waals surface area contributed by atoms with Crippen molar-refractivity contribution < 1.29 is 14.2 Å². The Balaban J connectivity index is 1.52. The summed E-state index contributed by atoms with van der Waals surface area (Å²) in [6.45, 7) is 6.77. The molecule has 1 fully saturated rings. The van der Waals surface area contributed by atoms with E-state index in [1.165, 1.54) is 19.3 Å². The minimum atomic E-state index is 0.281. The topological polar surface area (TPSA) is 56.7 Å². The molecule has 1 aromatic carbocycles. The Bertz CT molecular complexity index is 773. The fourth-order valence-electron chi connectivity index (χ4n) is 3.15. The average molecular weight is 341 g/mol. The van der Waals surface area contributed by atoms with Crippen LogP contribution in [0.25, 0.3) is 0 Å². The van der Waals surface area contributed by atoms with E-state index in [4.69, 9.17) is 14.2 Å². The van der Waals surface area contributed by atoms with E-state index < -0.39 is 0 Å². The molecule has 2 aromatic rings. The van der Waals surface area contributed by atoms with E-state index in [0.717, 1.165) is 47.4 Å². The second kappa shape index (κ2) is 6.78. The zero-order chi connectivity index (χ0) is 17.2. The van der Waals surface area contributed by atoms with Crippen molar-refractivity contribution in [1.29, 1.82) is 0 Å². The molecule has 0 aliphatic carbocycles. The van der Waals surface area contributed by atoms with Crippen LogP contribution in [0.2, 0.25) is 0 Å².